The molecule has 1 amide bonds. The normalized spacial score (nSPS) is 17.1. The monoisotopic (exact) mass is 346 g/mol. The summed E-state index contributed by atoms with van der Waals surface area (Å²) in [5.41, 5.74) is -1.11. The van der Waals surface area contributed by atoms with Crippen LogP contribution in [-0.4, -0.2) is 28.8 Å². The number of nitrogens with zero attached hydrogens (tertiary/aromatic N) is 2. The number of carbonyl (C=O) groups excluding carboxylic acids is 1. The Balaban J connectivity index is 2.30. The van der Waals surface area contributed by atoms with Crippen molar-refractivity contribution >= 4 is 28.9 Å². The predicted octanol–water partition coefficient (Wildman–Crippen LogP) is 4.16. The maximum absolute atomic E-state index is 13.6. The summed E-state index contributed by atoms with van der Waals surface area (Å²) in [6.07, 6.45) is -2.56. The number of hydrogen-bond donors (Lipinski definition) is 0. The summed E-state index contributed by atoms with van der Waals surface area (Å²) in [5, 5.41) is 0.524. The van der Waals surface area contributed by atoms with Crippen molar-refractivity contribution in [3.05, 3.63) is 40.8 Å². The van der Waals surface area contributed by atoms with Gasteiger partial charge in [-0.05, 0) is 30.2 Å². The second kappa shape index (κ2) is 6.74. The largest absolute Gasteiger partial charge is 0.419 e. The van der Waals surface area contributed by atoms with E-state index in [9.17, 15) is 22.4 Å². The van der Waals surface area contributed by atoms with E-state index in [2.05, 4.69) is 4.99 Å². The van der Waals surface area contributed by atoms with Crippen LogP contribution in [0.4, 0.5) is 17.6 Å². The van der Waals surface area contributed by atoms with Crippen molar-refractivity contribution in [1.29, 1.82) is 0 Å². The van der Waals surface area contributed by atoms with Crippen LogP contribution in [0.5, 0.6) is 0 Å². The van der Waals surface area contributed by atoms with E-state index in [0.717, 1.165) is 24.3 Å². The Morgan fingerprint density at radius 2 is 2.04 bits per heavy atom. The highest BCUT2D eigenvalue weighted by Crippen LogP contribution is 2.32. The molecule has 0 radical (unpaired) electrons. The van der Waals surface area contributed by atoms with E-state index in [-0.39, 0.29) is 17.2 Å². The molecule has 0 unspecified atom stereocenters. The summed E-state index contributed by atoms with van der Waals surface area (Å²) in [6, 6.07) is 2.51. The number of aliphatic imine (C=N–C) groups is 1. The van der Waals surface area contributed by atoms with Crippen molar-refractivity contribution in [3.63, 3.8) is 0 Å². The number of halogens is 4. The second-order valence-corrected chi connectivity index (χ2v) is 5.94. The highest BCUT2D eigenvalue weighted by atomic mass is 32.2. The lowest BCUT2D eigenvalue weighted by atomic mass is 10.1. The Bertz CT molecular complexity index is 683. The van der Waals surface area contributed by atoms with E-state index in [0.29, 0.717) is 11.2 Å². The maximum Gasteiger partial charge on any atom is 0.419 e. The van der Waals surface area contributed by atoms with Gasteiger partial charge >= 0.3 is 6.18 Å². The zero-order valence-corrected chi connectivity index (χ0v) is 13.3. The molecule has 124 valence electrons. The molecule has 0 bridgehead atoms. The maximum atomic E-state index is 13.6. The van der Waals surface area contributed by atoms with Gasteiger partial charge in [0.15, 0.2) is 5.17 Å². The van der Waals surface area contributed by atoms with E-state index in [1.165, 1.54) is 22.7 Å². The molecule has 0 atom stereocenters. The van der Waals surface area contributed by atoms with Gasteiger partial charge in [-0.3, -0.25) is 9.69 Å². The molecule has 1 heterocycles. The van der Waals surface area contributed by atoms with Crippen LogP contribution in [0.2, 0.25) is 0 Å². The Labute approximate surface area is 135 Å². The first-order valence-electron chi connectivity index (χ1n) is 6.82. The number of carbonyl (C=O) groups is 1. The van der Waals surface area contributed by atoms with E-state index < -0.39 is 17.6 Å². The molecule has 0 saturated heterocycles. The van der Waals surface area contributed by atoms with Crippen molar-refractivity contribution in [2.24, 2.45) is 4.99 Å². The summed E-state index contributed by atoms with van der Waals surface area (Å²) in [6.45, 7) is 1.99. The van der Waals surface area contributed by atoms with E-state index in [4.69, 9.17) is 0 Å². The molecule has 0 fully saturated rings. The molecule has 0 spiro atoms. The number of alkyl halides is 3. The number of benzene rings is 1. The molecule has 1 aliphatic heterocycles. The Morgan fingerprint density at radius 3 is 2.61 bits per heavy atom. The van der Waals surface area contributed by atoms with Gasteiger partial charge in [0.1, 0.15) is 11.5 Å². The van der Waals surface area contributed by atoms with Gasteiger partial charge in [0, 0.05) is 12.8 Å². The predicted molar refractivity (Wildman–Crippen MR) is 82.3 cm³/mol. The minimum Gasteiger partial charge on any atom is -0.289 e. The van der Waals surface area contributed by atoms with Crippen LogP contribution in [0.1, 0.15) is 24.5 Å². The standard InChI is InChI=1S/C15H14F4N2OS/c1-3-6-23-14-20-12(13(22)21(14)2)8-9-4-5-10(11(16)7-9)15(17,18)19/h4-5,7-8H,3,6H2,1-2H3/b12-8-. The molecule has 1 aromatic carbocycles. The Hall–Kier alpha value is -1.83. The van der Waals surface area contributed by atoms with Crippen LogP contribution in [0.3, 0.4) is 0 Å². The molecule has 1 aromatic rings. The molecule has 8 heteroatoms. The highest BCUT2D eigenvalue weighted by molar-refractivity contribution is 8.13. The van der Waals surface area contributed by atoms with E-state index in [1.54, 1.807) is 7.05 Å². The molecule has 0 aliphatic carbocycles. The molecule has 23 heavy (non-hydrogen) atoms. The van der Waals surface area contributed by atoms with Crippen molar-refractivity contribution < 1.29 is 22.4 Å². The van der Waals surface area contributed by atoms with Gasteiger partial charge in [-0.2, -0.15) is 13.2 Å². The first-order chi connectivity index (χ1) is 10.7. The van der Waals surface area contributed by atoms with Gasteiger partial charge < -0.3 is 0 Å². The lowest BCUT2D eigenvalue weighted by Gasteiger charge is -2.09. The molecule has 0 saturated carbocycles. The summed E-state index contributed by atoms with van der Waals surface area (Å²) in [5.74, 6) is -0.960. The minimum atomic E-state index is -4.75. The summed E-state index contributed by atoms with van der Waals surface area (Å²) in [7, 11) is 1.57. The Kier molecular flexibility index (Phi) is 5.13. The molecule has 3 nitrogen and oxygen atoms in total. The molecular weight excluding hydrogens is 332 g/mol. The third-order valence-electron chi connectivity index (χ3n) is 3.06. The van der Waals surface area contributed by atoms with Gasteiger partial charge in [-0.15, -0.1) is 0 Å². The smallest absolute Gasteiger partial charge is 0.289 e. The first-order valence-corrected chi connectivity index (χ1v) is 7.80. The van der Waals surface area contributed by atoms with Crippen molar-refractivity contribution in [2.45, 2.75) is 19.5 Å². The van der Waals surface area contributed by atoms with E-state index >= 15 is 0 Å². The summed E-state index contributed by atoms with van der Waals surface area (Å²) in [4.78, 5) is 17.6. The average Bonchev–Trinajstić information content (AvgIpc) is 2.72. The average molecular weight is 346 g/mol. The Morgan fingerprint density at radius 1 is 1.35 bits per heavy atom. The van der Waals surface area contributed by atoms with Crippen LogP contribution < -0.4 is 0 Å². The fourth-order valence-corrected chi connectivity index (χ4v) is 2.74. The van der Waals surface area contributed by atoms with Crippen LogP contribution in [-0.2, 0) is 11.0 Å². The number of thioether (sulfide) groups is 1. The van der Waals surface area contributed by atoms with Gasteiger partial charge in [0.05, 0.1) is 5.56 Å². The fourth-order valence-electron chi connectivity index (χ4n) is 1.91. The van der Waals surface area contributed by atoms with Gasteiger partial charge in [-0.25, -0.2) is 9.38 Å². The van der Waals surface area contributed by atoms with Gasteiger partial charge in [-0.1, -0.05) is 24.8 Å². The minimum absolute atomic E-state index is 0.0743. The van der Waals surface area contributed by atoms with Crippen LogP contribution >= 0.6 is 11.8 Å². The number of amidine groups is 1. The molecular formula is C15H14F4N2OS. The molecule has 2 rings (SSSR count). The zero-order valence-electron chi connectivity index (χ0n) is 12.4. The van der Waals surface area contributed by atoms with Crippen LogP contribution in [0.25, 0.3) is 6.08 Å². The lowest BCUT2D eigenvalue weighted by molar-refractivity contribution is -0.140. The number of hydrogen-bond acceptors (Lipinski definition) is 3. The quantitative estimate of drug-likeness (QED) is 0.608. The van der Waals surface area contributed by atoms with Gasteiger partial charge in [0.25, 0.3) is 5.91 Å². The van der Waals surface area contributed by atoms with Crippen LogP contribution in [0.15, 0.2) is 28.9 Å². The van der Waals surface area contributed by atoms with Crippen molar-refractivity contribution in [2.75, 3.05) is 12.8 Å². The number of likely N-dealkylation sites (N-methyl/N-ethyl adjacent to an activating group) is 1. The third kappa shape index (κ3) is 3.93. The summed E-state index contributed by atoms with van der Waals surface area (Å²) >= 11 is 1.41. The molecule has 0 N–H and O–H groups in total. The van der Waals surface area contributed by atoms with Crippen LogP contribution in [0, 0.1) is 5.82 Å². The lowest BCUT2D eigenvalue weighted by Crippen LogP contribution is -2.25. The zero-order chi connectivity index (χ0) is 17.2. The van der Waals surface area contributed by atoms with E-state index in [1.807, 2.05) is 6.92 Å². The highest BCUT2D eigenvalue weighted by Gasteiger charge is 2.34. The SMILES string of the molecule is CCCSC1=N/C(=C\c2ccc(C(F)(F)F)c(F)c2)C(=O)N1C. The molecule has 0 aromatic heterocycles. The fraction of sp³-hybridized carbons (Fsp3) is 0.333. The van der Waals surface area contributed by atoms with Crippen molar-refractivity contribution in [1.82, 2.24) is 4.90 Å². The third-order valence-corrected chi connectivity index (χ3v) is 4.30. The van der Waals surface area contributed by atoms with Crippen molar-refractivity contribution in [3.8, 4) is 0 Å². The summed E-state index contributed by atoms with van der Waals surface area (Å²) < 4.78 is 51.1. The second-order valence-electron chi connectivity index (χ2n) is 4.87. The number of rotatable bonds is 3. The topological polar surface area (TPSA) is 32.7 Å². The first kappa shape index (κ1) is 17.5. The molecule has 1 aliphatic rings. The number of amides is 1. The van der Waals surface area contributed by atoms with Gasteiger partial charge in [0.2, 0.25) is 0 Å².